The number of H-pyrrole nitrogens is 1. The number of phenolic OH excluding ortho intramolecular Hbond substituents is 1. The molecule has 0 aliphatic carbocycles. The molecule has 1 amide bonds. The summed E-state index contributed by atoms with van der Waals surface area (Å²) in [6.45, 7) is 3.76. The number of ether oxygens (including phenoxy) is 2. The van der Waals surface area contributed by atoms with Crippen LogP contribution in [-0.2, 0) is 11.3 Å². The molecule has 1 atom stereocenters. The molecule has 0 radical (unpaired) electrons. The minimum absolute atomic E-state index is 0.0385. The molecule has 248 valence electrons. The highest BCUT2D eigenvalue weighted by atomic mass is 16.6. The lowest BCUT2D eigenvalue weighted by Gasteiger charge is -2.31. The van der Waals surface area contributed by atoms with E-state index in [0.29, 0.717) is 29.6 Å². The second kappa shape index (κ2) is 15.6. The van der Waals surface area contributed by atoms with Gasteiger partial charge in [0.05, 0.1) is 17.3 Å². The maximum Gasteiger partial charge on any atom is 0.411 e. The Morgan fingerprint density at radius 1 is 0.938 bits per heavy atom. The minimum atomic E-state index is -0.835. The van der Waals surface area contributed by atoms with Gasteiger partial charge in [0.2, 0.25) is 5.56 Å². The Hall–Kier alpha value is -5.16. The molecule has 1 saturated heterocycles. The summed E-state index contributed by atoms with van der Waals surface area (Å²) < 4.78 is 11.8. The minimum Gasteiger partial charge on any atom is -0.506 e. The summed E-state index contributed by atoms with van der Waals surface area (Å²) in [6.07, 6.45) is 0.122. The lowest BCUT2D eigenvalue weighted by Crippen LogP contribution is -2.40. The van der Waals surface area contributed by atoms with Crippen LogP contribution in [0.25, 0.3) is 22.0 Å². The zero-order chi connectivity index (χ0) is 33.3. The quantitative estimate of drug-likeness (QED) is 0.114. The molecule has 10 nitrogen and oxygen atoms in total. The van der Waals surface area contributed by atoms with Crippen molar-refractivity contribution in [3.05, 3.63) is 125 Å². The summed E-state index contributed by atoms with van der Waals surface area (Å²) in [5.74, 6) is 0.734. The molecule has 0 saturated carbocycles. The molecule has 2 heterocycles. The van der Waals surface area contributed by atoms with E-state index in [2.05, 4.69) is 20.5 Å². The highest BCUT2D eigenvalue weighted by Gasteiger charge is 2.23. The standard InChI is InChI=1S/C38H40N4O6/c43-34-15-13-31(32-14-16-36(45)41-37(32)34)35(44)25-39-24-26-7-6-10-29(23-26)47-22-21-42-19-17-28(18-20-42)48-38(46)40-33-12-5-4-11-30(33)27-8-2-1-3-9-27/h1-16,23,28,35,39,43-44H,17-22,24-25H2,(H,40,46)(H,41,45). The number of nitrogens with one attached hydrogen (secondary N) is 3. The molecule has 1 aliphatic heterocycles. The number of amides is 1. The lowest BCUT2D eigenvalue weighted by molar-refractivity contribution is 0.0548. The van der Waals surface area contributed by atoms with Crippen LogP contribution in [0.15, 0.2) is 108 Å². The van der Waals surface area contributed by atoms with Gasteiger partial charge in [-0.05, 0) is 59.9 Å². The van der Waals surface area contributed by atoms with E-state index in [1.807, 2.05) is 78.9 Å². The molecular weight excluding hydrogens is 608 g/mol. The van der Waals surface area contributed by atoms with Gasteiger partial charge in [0.1, 0.15) is 24.2 Å². The number of anilines is 1. The first-order chi connectivity index (χ1) is 23.4. The van der Waals surface area contributed by atoms with Crippen LogP contribution >= 0.6 is 0 Å². The Bertz CT molecular complexity index is 1890. The Kier molecular flexibility index (Phi) is 10.7. The molecule has 10 heteroatoms. The Morgan fingerprint density at radius 3 is 2.56 bits per heavy atom. The van der Waals surface area contributed by atoms with E-state index < -0.39 is 12.2 Å². The van der Waals surface area contributed by atoms with Crippen LogP contribution in [0.2, 0.25) is 0 Å². The number of aromatic amines is 1. The van der Waals surface area contributed by atoms with Crippen molar-refractivity contribution in [2.24, 2.45) is 0 Å². The van der Waals surface area contributed by atoms with Crippen molar-refractivity contribution in [2.45, 2.75) is 31.6 Å². The number of para-hydroxylation sites is 1. The second-order valence-electron chi connectivity index (χ2n) is 11.9. The van der Waals surface area contributed by atoms with Gasteiger partial charge in [-0.2, -0.15) is 0 Å². The van der Waals surface area contributed by atoms with E-state index >= 15 is 0 Å². The predicted octanol–water partition coefficient (Wildman–Crippen LogP) is 5.82. The van der Waals surface area contributed by atoms with E-state index in [1.54, 1.807) is 12.1 Å². The number of rotatable bonds is 12. The molecule has 0 bridgehead atoms. The molecule has 4 aromatic carbocycles. The zero-order valence-corrected chi connectivity index (χ0v) is 26.6. The lowest BCUT2D eigenvalue weighted by atomic mass is 10.0. The van der Waals surface area contributed by atoms with Crippen molar-refractivity contribution >= 4 is 22.7 Å². The van der Waals surface area contributed by atoms with Crippen LogP contribution in [0.3, 0.4) is 0 Å². The first-order valence-electron chi connectivity index (χ1n) is 16.2. The zero-order valence-electron chi connectivity index (χ0n) is 26.6. The summed E-state index contributed by atoms with van der Waals surface area (Å²) >= 11 is 0. The van der Waals surface area contributed by atoms with E-state index in [9.17, 15) is 19.8 Å². The fourth-order valence-electron chi connectivity index (χ4n) is 6.05. The van der Waals surface area contributed by atoms with E-state index in [0.717, 1.165) is 60.6 Å². The topological polar surface area (TPSA) is 136 Å². The van der Waals surface area contributed by atoms with Crippen molar-refractivity contribution in [3.8, 4) is 22.6 Å². The van der Waals surface area contributed by atoms with Crippen LogP contribution in [0.1, 0.15) is 30.1 Å². The first-order valence-corrected chi connectivity index (χ1v) is 16.2. The summed E-state index contributed by atoms with van der Waals surface area (Å²) in [4.78, 5) is 29.4. The van der Waals surface area contributed by atoms with Gasteiger partial charge in [0.25, 0.3) is 0 Å². The number of carbonyl (C=O) groups is 1. The van der Waals surface area contributed by atoms with Gasteiger partial charge >= 0.3 is 6.09 Å². The summed E-state index contributed by atoms with van der Waals surface area (Å²) in [6, 6.07) is 31.6. The normalized spacial score (nSPS) is 14.4. The Labute approximate surface area is 279 Å². The number of phenols is 1. The third-order valence-corrected chi connectivity index (χ3v) is 8.56. The molecule has 0 spiro atoms. The number of aromatic nitrogens is 1. The molecule has 5 N–H and O–H groups in total. The molecule has 1 unspecified atom stereocenters. The van der Waals surface area contributed by atoms with Gasteiger partial charge < -0.3 is 30.0 Å². The molecule has 48 heavy (non-hydrogen) atoms. The van der Waals surface area contributed by atoms with Crippen molar-refractivity contribution in [1.29, 1.82) is 0 Å². The monoisotopic (exact) mass is 648 g/mol. The van der Waals surface area contributed by atoms with Gasteiger partial charge in [0.15, 0.2) is 0 Å². The van der Waals surface area contributed by atoms with Gasteiger partial charge in [-0.15, -0.1) is 0 Å². The Morgan fingerprint density at radius 2 is 1.73 bits per heavy atom. The maximum absolute atomic E-state index is 12.7. The molecule has 1 aliphatic rings. The fraction of sp³-hybridized carbons (Fsp3) is 0.263. The van der Waals surface area contributed by atoms with E-state index in [-0.39, 0.29) is 24.0 Å². The number of piperidine rings is 1. The number of likely N-dealkylation sites (tertiary alicyclic amines) is 1. The SMILES string of the molecule is O=C(Nc1ccccc1-c1ccccc1)OC1CCN(CCOc2cccc(CNCC(O)c3ccc(O)c4[nH]c(=O)ccc34)c2)CC1. The number of hydrogen-bond acceptors (Lipinski definition) is 8. The molecule has 1 aromatic heterocycles. The number of aliphatic hydroxyl groups is 1. The third kappa shape index (κ3) is 8.40. The third-order valence-electron chi connectivity index (χ3n) is 8.56. The number of aliphatic hydroxyl groups excluding tert-OH is 1. The number of benzene rings is 4. The second-order valence-corrected chi connectivity index (χ2v) is 11.9. The van der Waals surface area contributed by atoms with Gasteiger partial charge in [-0.25, -0.2) is 4.79 Å². The average Bonchev–Trinajstić information content (AvgIpc) is 3.10. The van der Waals surface area contributed by atoms with Crippen molar-refractivity contribution in [2.75, 3.05) is 38.1 Å². The highest BCUT2D eigenvalue weighted by Crippen LogP contribution is 2.29. The fourth-order valence-corrected chi connectivity index (χ4v) is 6.05. The molecule has 5 aromatic rings. The number of pyridine rings is 1. The predicted molar refractivity (Wildman–Crippen MR) is 186 cm³/mol. The largest absolute Gasteiger partial charge is 0.506 e. The van der Waals surface area contributed by atoms with Crippen LogP contribution in [0.4, 0.5) is 10.5 Å². The van der Waals surface area contributed by atoms with Gasteiger partial charge in [0, 0.05) is 49.7 Å². The maximum atomic E-state index is 12.7. The summed E-state index contributed by atoms with van der Waals surface area (Å²) in [5, 5.41) is 27.7. The van der Waals surface area contributed by atoms with Gasteiger partial charge in [-0.1, -0.05) is 66.7 Å². The highest BCUT2D eigenvalue weighted by molar-refractivity contribution is 5.91. The summed E-state index contributed by atoms with van der Waals surface area (Å²) in [7, 11) is 0. The van der Waals surface area contributed by atoms with Crippen molar-refractivity contribution in [3.63, 3.8) is 0 Å². The smallest absolute Gasteiger partial charge is 0.411 e. The van der Waals surface area contributed by atoms with Crippen LogP contribution in [0, 0.1) is 0 Å². The first kappa shape index (κ1) is 32.8. The number of hydrogen-bond donors (Lipinski definition) is 5. The van der Waals surface area contributed by atoms with Crippen molar-refractivity contribution in [1.82, 2.24) is 15.2 Å². The number of aromatic hydroxyl groups is 1. The van der Waals surface area contributed by atoms with Gasteiger partial charge in [-0.3, -0.25) is 15.0 Å². The van der Waals surface area contributed by atoms with Crippen LogP contribution in [0.5, 0.6) is 11.5 Å². The van der Waals surface area contributed by atoms with E-state index in [4.69, 9.17) is 9.47 Å². The number of nitrogens with zero attached hydrogens (tertiary/aromatic N) is 1. The number of fused-ring (bicyclic) bond motifs is 1. The van der Waals surface area contributed by atoms with Crippen LogP contribution < -0.4 is 20.9 Å². The molecule has 1 fully saturated rings. The summed E-state index contributed by atoms with van der Waals surface area (Å²) in [5.41, 5.74) is 4.33. The van der Waals surface area contributed by atoms with E-state index in [1.165, 1.54) is 12.1 Å². The molecular formula is C38H40N4O6. The average molecular weight is 649 g/mol. The molecule has 6 rings (SSSR count). The Balaban J connectivity index is 0.908. The van der Waals surface area contributed by atoms with Crippen LogP contribution in [-0.4, -0.2) is 65.1 Å². The number of carbonyl (C=O) groups excluding carboxylic acids is 1. The van der Waals surface area contributed by atoms with Crippen molar-refractivity contribution < 1.29 is 24.5 Å².